The van der Waals surface area contributed by atoms with E-state index in [1.54, 1.807) is 17.1 Å². The van der Waals surface area contributed by atoms with Gasteiger partial charge >= 0.3 is 5.97 Å². The van der Waals surface area contributed by atoms with Crippen molar-refractivity contribution in [1.82, 2.24) is 15.1 Å². The maximum Gasteiger partial charge on any atom is 0.313 e. The summed E-state index contributed by atoms with van der Waals surface area (Å²) in [6.45, 7) is 15.3. The van der Waals surface area contributed by atoms with E-state index in [0.29, 0.717) is 31.2 Å². The van der Waals surface area contributed by atoms with Gasteiger partial charge < -0.3 is 34.4 Å². The zero-order valence-electron chi connectivity index (χ0n) is 29.0. The van der Waals surface area contributed by atoms with Crippen molar-refractivity contribution in [3.8, 4) is 0 Å². The van der Waals surface area contributed by atoms with Crippen LogP contribution in [-0.2, 0) is 33.4 Å². The molecule has 0 saturated carbocycles. The first-order valence-corrected chi connectivity index (χ1v) is 17.1. The maximum atomic E-state index is 14.6. The summed E-state index contributed by atoms with van der Waals surface area (Å²) in [6, 6.07) is 6.52. The van der Waals surface area contributed by atoms with Crippen LogP contribution in [0.1, 0.15) is 71.5 Å². The number of rotatable bonds is 18. The second-order valence-electron chi connectivity index (χ2n) is 13.9. The molecule has 0 unspecified atom stereocenters. The first-order chi connectivity index (χ1) is 22.9. The Hall–Kier alpha value is -3.54. The van der Waals surface area contributed by atoms with Crippen LogP contribution >= 0.6 is 0 Å². The van der Waals surface area contributed by atoms with E-state index in [2.05, 4.69) is 18.5 Å². The molecule has 2 bridgehead atoms. The van der Waals surface area contributed by atoms with E-state index >= 15 is 0 Å². The second-order valence-corrected chi connectivity index (χ2v) is 13.9. The molecule has 48 heavy (non-hydrogen) atoms. The lowest BCUT2D eigenvalue weighted by atomic mass is 9.70. The number of aliphatic hydroxyl groups excluding tert-OH is 1. The maximum absolute atomic E-state index is 14.6. The minimum atomic E-state index is -1.26. The molecule has 3 aliphatic heterocycles. The summed E-state index contributed by atoms with van der Waals surface area (Å²) in [4.78, 5) is 59.5. The summed E-state index contributed by atoms with van der Waals surface area (Å²) in [5, 5.41) is 13.5. The number of aliphatic hydroxyl groups is 1. The van der Waals surface area contributed by atoms with Crippen LogP contribution in [0.15, 0.2) is 55.6 Å². The Morgan fingerprint density at radius 1 is 1.17 bits per heavy atom. The fourth-order valence-electron chi connectivity index (χ4n) is 7.83. The highest BCUT2D eigenvalue weighted by atomic mass is 16.6. The van der Waals surface area contributed by atoms with Gasteiger partial charge in [-0.05, 0) is 51.0 Å². The number of fused-ring (bicyclic) bond motifs is 1. The van der Waals surface area contributed by atoms with Crippen molar-refractivity contribution in [2.75, 3.05) is 26.9 Å². The topological polar surface area (TPSA) is 135 Å². The summed E-state index contributed by atoms with van der Waals surface area (Å²) in [7, 11) is 1.50. The van der Waals surface area contributed by atoms with Gasteiger partial charge in [-0.1, -0.05) is 56.3 Å². The molecule has 0 radical (unpaired) electrons. The van der Waals surface area contributed by atoms with Crippen molar-refractivity contribution in [3.05, 3.63) is 61.2 Å². The van der Waals surface area contributed by atoms with Crippen LogP contribution in [0, 0.1) is 17.8 Å². The first-order valence-electron chi connectivity index (χ1n) is 17.1. The molecule has 8 atom stereocenters. The number of carbonyl (C=O) groups is 4. The summed E-state index contributed by atoms with van der Waals surface area (Å²) >= 11 is 0. The van der Waals surface area contributed by atoms with Crippen molar-refractivity contribution < 1.29 is 38.5 Å². The molecule has 1 aromatic rings. The van der Waals surface area contributed by atoms with Crippen LogP contribution in [0.5, 0.6) is 0 Å². The monoisotopic (exact) mass is 667 g/mol. The highest BCUT2D eigenvalue weighted by molar-refractivity contribution is 5.98. The molecule has 3 aliphatic rings. The third-order valence-corrected chi connectivity index (χ3v) is 9.83. The van der Waals surface area contributed by atoms with Crippen LogP contribution in [0.3, 0.4) is 0 Å². The van der Waals surface area contributed by atoms with Gasteiger partial charge in [0.05, 0.1) is 43.2 Å². The van der Waals surface area contributed by atoms with E-state index in [-0.39, 0.29) is 55.9 Å². The van der Waals surface area contributed by atoms with Crippen LogP contribution in [0.25, 0.3) is 0 Å². The number of likely N-dealkylation sites (tertiary alicyclic amines) is 1. The number of amides is 3. The third-order valence-electron chi connectivity index (χ3n) is 9.83. The lowest BCUT2D eigenvalue weighted by Gasteiger charge is -2.40. The number of nitrogens with one attached hydrogen (secondary N) is 1. The quantitative estimate of drug-likeness (QED) is 0.179. The standard InChI is InChI=1S/C37H53N3O8/c1-8-10-16-29(42)38-27(22-46-7)32(25-14-12-11-13-15-25)47-36(45)30-28-17-18-37(48-28)31(30)34(43)40(26(21-41)20-23(3)4)33(37)35(44)39(19-9-2)24(5)6/h8-9,11-15,23-24,26-28,30-33,41H,1-2,10,16-22H2,3-7H3,(H,38,42)/t26-,27-,28-,30+,31+,32-,33-,37+/m1/s1. The summed E-state index contributed by atoms with van der Waals surface area (Å²) in [5.41, 5.74) is -0.605. The van der Waals surface area contributed by atoms with Gasteiger partial charge in [0.1, 0.15) is 17.7 Å². The van der Waals surface area contributed by atoms with Gasteiger partial charge in [-0.3, -0.25) is 19.2 Å². The molecule has 3 amide bonds. The Balaban J connectivity index is 1.74. The molecule has 1 spiro atoms. The van der Waals surface area contributed by atoms with E-state index < -0.39 is 53.7 Å². The fraction of sp³-hybridized carbons (Fsp3) is 0.622. The van der Waals surface area contributed by atoms with Gasteiger partial charge in [-0.15, -0.1) is 13.2 Å². The van der Waals surface area contributed by atoms with Gasteiger partial charge in [0.2, 0.25) is 17.7 Å². The number of hydrogen-bond acceptors (Lipinski definition) is 8. The molecule has 1 aromatic carbocycles. The summed E-state index contributed by atoms with van der Waals surface area (Å²) < 4.78 is 18.4. The van der Waals surface area contributed by atoms with Gasteiger partial charge in [-0.25, -0.2) is 0 Å². The highest BCUT2D eigenvalue weighted by Crippen LogP contribution is 2.59. The molecule has 264 valence electrons. The molecule has 3 fully saturated rings. The van der Waals surface area contributed by atoms with Gasteiger partial charge in [0.25, 0.3) is 0 Å². The van der Waals surface area contributed by atoms with Crippen LogP contribution < -0.4 is 5.32 Å². The van der Waals surface area contributed by atoms with Crippen LogP contribution in [0.2, 0.25) is 0 Å². The lowest BCUT2D eigenvalue weighted by molar-refractivity contribution is -0.163. The Morgan fingerprint density at radius 3 is 2.46 bits per heavy atom. The number of nitrogens with zero attached hydrogens (tertiary/aromatic N) is 2. The Labute approximate surface area is 284 Å². The number of hydrogen-bond donors (Lipinski definition) is 2. The highest BCUT2D eigenvalue weighted by Gasteiger charge is 2.75. The van der Waals surface area contributed by atoms with Crippen molar-refractivity contribution in [3.63, 3.8) is 0 Å². The predicted octanol–water partition coefficient (Wildman–Crippen LogP) is 3.57. The van der Waals surface area contributed by atoms with Crippen molar-refractivity contribution >= 4 is 23.7 Å². The molecular formula is C37H53N3O8. The van der Waals surface area contributed by atoms with E-state index in [4.69, 9.17) is 14.2 Å². The normalized spacial score (nSPS) is 26.2. The van der Waals surface area contributed by atoms with Gasteiger partial charge in [0, 0.05) is 26.1 Å². The molecule has 3 saturated heterocycles. The van der Waals surface area contributed by atoms with E-state index in [0.717, 1.165) is 0 Å². The number of allylic oxidation sites excluding steroid dienone is 1. The molecule has 0 aliphatic carbocycles. The molecule has 3 heterocycles. The largest absolute Gasteiger partial charge is 0.455 e. The average molecular weight is 668 g/mol. The number of ether oxygens (including phenoxy) is 3. The molecule has 2 N–H and O–H groups in total. The predicted molar refractivity (Wildman–Crippen MR) is 180 cm³/mol. The van der Waals surface area contributed by atoms with Crippen LogP contribution in [-0.4, -0.2) is 101 Å². The zero-order valence-corrected chi connectivity index (χ0v) is 29.0. The number of methoxy groups -OCH3 is 1. The summed E-state index contributed by atoms with van der Waals surface area (Å²) in [5.74, 6) is -3.39. The number of esters is 1. The average Bonchev–Trinajstić information content (AvgIpc) is 3.71. The third kappa shape index (κ3) is 7.38. The zero-order chi connectivity index (χ0) is 35.2. The second kappa shape index (κ2) is 16.2. The fourth-order valence-corrected chi connectivity index (χ4v) is 7.83. The number of benzene rings is 1. The molecule has 4 rings (SSSR count). The van der Waals surface area contributed by atoms with E-state index in [1.807, 2.05) is 58.0 Å². The minimum Gasteiger partial charge on any atom is -0.455 e. The Morgan fingerprint density at radius 2 is 1.88 bits per heavy atom. The Kier molecular flexibility index (Phi) is 12.6. The smallest absolute Gasteiger partial charge is 0.313 e. The van der Waals surface area contributed by atoms with Crippen molar-refractivity contribution in [1.29, 1.82) is 0 Å². The van der Waals surface area contributed by atoms with Gasteiger partial charge in [0.15, 0.2) is 0 Å². The molecular weight excluding hydrogens is 614 g/mol. The SMILES string of the molecule is C=CCCC(=O)N[C@H](COC)[C@H](OC(=O)[C@@H]1[C@H]2C(=O)N([C@@H](CO)CC(C)C)[C@H](C(=O)N(CC=C)C(C)C)[C@]23CC[C@H]1O3)c1ccccc1. The summed E-state index contributed by atoms with van der Waals surface area (Å²) in [6.07, 6.45) is 3.79. The lowest BCUT2D eigenvalue weighted by Crippen LogP contribution is -2.59. The van der Waals surface area contributed by atoms with Crippen molar-refractivity contribution in [2.45, 2.75) is 102 Å². The van der Waals surface area contributed by atoms with Crippen molar-refractivity contribution in [2.24, 2.45) is 17.8 Å². The van der Waals surface area contributed by atoms with Gasteiger partial charge in [-0.2, -0.15) is 0 Å². The minimum absolute atomic E-state index is 0.0651. The molecule has 0 aromatic heterocycles. The first kappa shape index (κ1) is 37.3. The van der Waals surface area contributed by atoms with E-state index in [9.17, 15) is 24.3 Å². The number of carbonyl (C=O) groups excluding carboxylic acids is 4. The Bertz CT molecular complexity index is 1320. The van der Waals surface area contributed by atoms with Crippen LogP contribution in [0.4, 0.5) is 0 Å². The molecule has 11 heteroatoms. The van der Waals surface area contributed by atoms with E-state index in [1.165, 1.54) is 12.0 Å². The molecule has 11 nitrogen and oxygen atoms in total.